The first kappa shape index (κ1) is 17.1. The van der Waals surface area contributed by atoms with Gasteiger partial charge in [0.1, 0.15) is 19.2 Å². The van der Waals surface area contributed by atoms with E-state index in [0.717, 1.165) is 28.2 Å². The first-order chi connectivity index (χ1) is 14.3. The van der Waals surface area contributed by atoms with Crippen LogP contribution >= 0.6 is 0 Å². The summed E-state index contributed by atoms with van der Waals surface area (Å²) in [5, 5.41) is 12.2. The van der Waals surface area contributed by atoms with E-state index in [9.17, 15) is 0 Å². The Labute approximate surface area is 166 Å². The van der Waals surface area contributed by atoms with Crippen LogP contribution < -0.4 is 0 Å². The molecule has 0 saturated heterocycles. The molecule has 0 unspecified atom stereocenters. The number of nitrogens with zero attached hydrogens (tertiary/aromatic N) is 7. The fraction of sp³-hybridized carbons (Fsp3) is 0.0952. The highest BCUT2D eigenvalue weighted by atomic mass is 16.4. The third-order valence-corrected chi connectivity index (χ3v) is 4.58. The summed E-state index contributed by atoms with van der Waals surface area (Å²) in [4.78, 5) is 8.69. The van der Waals surface area contributed by atoms with Crippen LogP contribution in [-0.4, -0.2) is 34.5 Å². The molecule has 8 nitrogen and oxygen atoms in total. The molecule has 0 aliphatic rings. The molecule has 0 saturated carbocycles. The molecule has 29 heavy (non-hydrogen) atoms. The first-order valence-electron chi connectivity index (χ1n) is 9.13. The summed E-state index contributed by atoms with van der Waals surface area (Å²) < 4.78 is 9.32. The number of rotatable bonds is 5. The predicted molar refractivity (Wildman–Crippen MR) is 106 cm³/mol. The largest absolute Gasteiger partial charge is 0.424 e. The van der Waals surface area contributed by atoms with E-state index in [2.05, 4.69) is 49.5 Å². The fourth-order valence-electron chi connectivity index (χ4n) is 3.27. The summed E-state index contributed by atoms with van der Waals surface area (Å²) >= 11 is 0. The van der Waals surface area contributed by atoms with Crippen LogP contribution in [0.3, 0.4) is 0 Å². The fourth-order valence-corrected chi connectivity index (χ4v) is 3.27. The second-order valence-corrected chi connectivity index (χ2v) is 6.54. The van der Waals surface area contributed by atoms with E-state index in [1.807, 2.05) is 41.2 Å². The lowest BCUT2D eigenvalue weighted by molar-refractivity contribution is 0.455. The highest BCUT2D eigenvalue weighted by Gasteiger charge is 2.17. The molecule has 3 heterocycles. The van der Waals surface area contributed by atoms with Gasteiger partial charge in [0.15, 0.2) is 0 Å². The van der Waals surface area contributed by atoms with Crippen molar-refractivity contribution in [3.8, 4) is 28.2 Å². The Morgan fingerprint density at radius 1 is 0.897 bits per heavy atom. The van der Waals surface area contributed by atoms with Crippen molar-refractivity contribution in [1.29, 1.82) is 0 Å². The van der Waals surface area contributed by atoms with Gasteiger partial charge < -0.3 is 8.98 Å². The highest BCUT2D eigenvalue weighted by molar-refractivity contribution is 5.79. The third kappa shape index (κ3) is 3.31. The quantitative estimate of drug-likeness (QED) is 0.461. The van der Waals surface area contributed by atoms with E-state index in [0.29, 0.717) is 18.3 Å². The Bertz CT molecular complexity index is 1220. The molecule has 0 aliphatic heterocycles. The lowest BCUT2D eigenvalue weighted by atomic mass is 10.0. The van der Waals surface area contributed by atoms with Crippen LogP contribution in [-0.2, 0) is 6.54 Å². The minimum atomic E-state index is 0.445. The Balaban J connectivity index is 1.59. The third-order valence-electron chi connectivity index (χ3n) is 4.58. The molecule has 0 aliphatic carbocycles. The number of imidazole rings is 1. The van der Waals surface area contributed by atoms with Crippen LogP contribution in [0, 0.1) is 6.92 Å². The van der Waals surface area contributed by atoms with Crippen LogP contribution in [0.5, 0.6) is 0 Å². The summed E-state index contributed by atoms with van der Waals surface area (Å²) in [6.07, 6.45) is 5.00. The van der Waals surface area contributed by atoms with Gasteiger partial charge in [0.05, 0.1) is 23.4 Å². The van der Waals surface area contributed by atoms with Crippen molar-refractivity contribution in [2.75, 3.05) is 0 Å². The monoisotopic (exact) mass is 383 g/mol. The van der Waals surface area contributed by atoms with Crippen molar-refractivity contribution in [3.63, 3.8) is 0 Å². The van der Waals surface area contributed by atoms with Crippen LogP contribution in [0.25, 0.3) is 28.2 Å². The maximum atomic E-state index is 5.57. The Morgan fingerprint density at radius 2 is 1.72 bits per heavy atom. The molecule has 0 amide bonds. The molecule has 3 aromatic heterocycles. The maximum Gasteiger partial charge on any atom is 0.236 e. The minimum Gasteiger partial charge on any atom is -0.424 e. The summed E-state index contributed by atoms with van der Waals surface area (Å²) in [7, 11) is 0. The number of aryl methyl sites for hydroxylation is 1. The Hall–Kier alpha value is -4.07. The zero-order valence-corrected chi connectivity index (χ0v) is 15.7. The maximum absolute atomic E-state index is 5.57. The summed E-state index contributed by atoms with van der Waals surface area (Å²) in [5.74, 6) is 1.09. The number of aromatic nitrogens is 7. The van der Waals surface area contributed by atoms with Crippen molar-refractivity contribution in [3.05, 3.63) is 85.4 Å². The smallest absolute Gasteiger partial charge is 0.236 e. The van der Waals surface area contributed by atoms with Crippen LogP contribution in [0.4, 0.5) is 0 Å². The van der Waals surface area contributed by atoms with E-state index in [-0.39, 0.29) is 0 Å². The molecular formula is C21H17N7O. The van der Waals surface area contributed by atoms with E-state index in [1.165, 1.54) is 6.33 Å². The van der Waals surface area contributed by atoms with Gasteiger partial charge in [-0.1, -0.05) is 42.5 Å². The zero-order chi connectivity index (χ0) is 19.6. The molecule has 5 rings (SSSR count). The molecule has 0 radical (unpaired) electrons. The molecule has 8 heteroatoms. The molecule has 2 aromatic carbocycles. The molecule has 0 spiro atoms. The molecule has 142 valence electrons. The van der Waals surface area contributed by atoms with Crippen molar-refractivity contribution in [1.82, 2.24) is 34.5 Å². The van der Waals surface area contributed by atoms with Crippen molar-refractivity contribution in [2.45, 2.75) is 13.5 Å². The van der Waals surface area contributed by atoms with E-state index < -0.39 is 0 Å². The molecule has 0 fully saturated rings. The van der Waals surface area contributed by atoms with Crippen molar-refractivity contribution >= 4 is 0 Å². The van der Waals surface area contributed by atoms with Gasteiger partial charge in [-0.2, -0.15) is 5.10 Å². The second-order valence-electron chi connectivity index (χ2n) is 6.54. The first-order valence-corrected chi connectivity index (χ1v) is 9.13. The predicted octanol–water partition coefficient (Wildman–Crippen LogP) is 3.54. The number of benzene rings is 2. The van der Waals surface area contributed by atoms with Gasteiger partial charge in [-0.25, -0.2) is 14.6 Å². The summed E-state index contributed by atoms with van der Waals surface area (Å²) in [5.41, 5.74) is 4.89. The second kappa shape index (κ2) is 7.16. The SMILES string of the molecule is Cc1nnc(Cn2cnc(-c3ccccc3)c2-c2ccc(-n3cncn3)cc2)o1. The molecule has 5 aromatic rings. The average Bonchev–Trinajstić information content (AvgIpc) is 3.51. The lowest BCUT2D eigenvalue weighted by Crippen LogP contribution is -2.02. The van der Waals surface area contributed by atoms with Gasteiger partial charge in [-0.3, -0.25) is 0 Å². The topological polar surface area (TPSA) is 87.5 Å². The van der Waals surface area contributed by atoms with Gasteiger partial charge in [0.2, 0.25) is 11.8 Å². The van der Waals surface area contributed by atoms with Gasteiger partial charge in [-0.05, 0) is 12.1 Å². The van der Waals surface area contributed by atoms with Gasteiger partial charge in [0, 0.05) is 18.1 Å². The Morgan fingerprint density at radius 3 is 2.41 bits per heavy atom. The molecular weight excluding hydrogens is 366 g/mol. The van der Waals surface area contributed by atoms with E-state index in [4.69, 9.17) is 4.42 Å². The normalized spacial score (nSPS) is 11.1. The van der Waals surface area contributed by atoms with Gasteiger partial charge in [0.25, 0.3) is 0 Å². The number of hydrogen-bond donors (Lipinski definition) is 0. The van der Waals surface area contributed by atoms with Gasteiger partial charge >= 0.3 is 0 Å². The van der Waals surface area contributed by atoms with Gasteiger partial charge in [-0.15, -0.1) is 10.2 Å². The molecule has 0 bridgehead atoms. The lowest BCUT2D eigenvalue weighted by Gasteiger charge is -2.10. The minimum absolute atomic E-state index is 0.445. The molecule has 0 atom stereocenters. The zero-order valence-electron chi connectivity index (χ0n) is 15.7. The number of hydrogen-bond acceptors (Lipinski definition) is 6. The van der Waals surface area contributed by atoms with Crippen LogP contribution in [0.2, 0.25) is 0 Å². The van der Waals surface area contributed by atoms with Crippen LogP contribution in [0.1, 0.15) is 11.8 Å². The Kier molecular flexibility index (Phi) is 4.21. The summed E-state index contributed by atoms with van der Waals surface area (Å²) in [6, 6.07) is 18.2. The van der Waals surface area contributed by atoms with E-state index >= 15 is 0 Å². The summed E-state index contributed by atoms with van der Waals surface area (Å²) in [6.45, 7) is 2.23. The standard InChI is InChI=1S/C21H17N7O/c1-15-25-26-19(29-15)11-27-14-23-20(16-5-3-2-4-6-16)21(27)17-7-9-18(10-8-17)28-13-22-12-24-28/h2-10,12-14H,11H2,1H3. The van der Waals surface area contributed by atoms with Crippen molar-refractivity contribution < 1.29 is 4.42 Å². The average molecular weight is 383 g/mol. The highest BCUT2D eigenvalue weighted by Crippen LogP contribution is 2.32. The van der Waals surface area contributed by atoms with E-state index in [1.54, 1.807) is 17.9 Å². The van der Waals surface area contributed by atoms with Crippen LogP contribution in [0.15, 0.2) is 78.0 Å². The van der Waals surface area contributed by atoms with Crippen molar-refractivity contribution in [2.24, 2.45) is 0 Å². The molecule has 0 N–H and O–H groups in total.